The molecule has 78 valence electrons. The quantitative estimate of drug-likeness (QED) is 0.874. The molecule has 14 heavy (non-hydrogen) atoms. The van der Waals surface area contributed by atoms with Gasteiger partial charge in [-0.3, -0.25) is 0 Å². The Hall–Kier alpha value is -0.0900. The van der Waals surface area contributed by atoms with Crippen molar-refractivity contribution in [2.45, 2.75) is 25.5 Å². The predicted molar refractivity (Wildman–Crippen MR) is 62.4 cm³/mol. The summed E-state index contributed by atoms with van der Waals surface area (Å²) in [6.07, 6.45) is 0. The van der Waals surface area contributed by atoms with E-state index in [0.717, 1.165) is 4.47 Å². The molecule has 0 saturated carbocycles. The van der Waals surface area contributed by atoms with Crippen LogP contribution in [0.4, 0.5) is 0 Å². The summed E-state index contributed by atoms with van der Waals surface area (Å²) in [6, 6.07) is 4.99. The van der Waals surface area contributed by atoms with Gasteiger partial charge in [-0.2, -0.15) is 0 Å². The second-order valence-corrected chi connectivity index (χ2v) is 4.79. The first-order valence-electron chi connectivity index (χ1n) is 4.29. The highest BCUT2D eigenvalue weighted by atomic mass is 79.9. The Labute approximate surface area is 97.2 Å². The molecule has 2 nitrogen and oxygen atoms in total. The molecule has 0 aliphatic heterocycles. The maximum Gasteiger partial charge on any atom is 0.104 e. The molecule has 0 spiro atoms. The van der Waals surface area contributed by atoms with Crippen LogP contribution in [0.2, 0.25) is 5.02 Å². The van der Waals surface area contributed by atoms with E-state index < -0.39 is 11.6 Å². The first-order valence-corrected chi connectivity index (χ1v) is 5.47. The molecule has 0 amide bonds. The van der Waals surface area contributed by atoms with Gasteiger partial charge in [0.15, 0.2) is 0 Å². The molecule has 1 aromatic rings. The Balaban J connectivity index is 3.31. The summed E-state index contributed by atoms with van der Waals surface area (Å²) in [7, 11) is 0. The number of hydrogen-bond acceptors (Lipinski definition) is 2. The Bertz CT molecular complexity index is 319. The second kappa shape index (κ2) is 4.19. The fourth-order valence-corrected chi connectivity index (χ4v) is 2.46. The minimum atomic E-state index is -1.13. The number of rotatable bonds is 2. The van der Waals surface area contributed by atoms with E-state index in [4.69, 9.17) is 17.3 Å². The molecule has 0 aliphatic carbocycles. The fraction of sp³-hybridized carbons (Fsp3) is 0.400. The van der Waals surface area contributed by atoms with Crippen LogP contribution in [0.1, 0.15) is 19.4 Å². The number of aliphatic hydroxyl groups is 1. The van der Waals surface area contributed by atoms with Gasteiger partial charge in [-0.05, 0) is 26.0 Å². The molecule has 4 heteroatoms. The zero-order chi connectivity index (χ0) is 10.9. The van der Waals surface area contributed by atoms with Gasteiger partial charge in [-0.25, -0.2) is 0 Å². The molecule has 0 saturated heterocycles. The van der Waals surface area contributed by atoms with Crippen molar-refractivity contribution >= 4 is 27.5 Å². The third-order valence-corrected chi connectivity index (χ3v) is 3.33. The molecule has 1 rings (SSSR count). The van der Waals surface area contributed by atoms with Crippen LogP contribution in [0.25, 0.3) is 0 Å². The van der Waals surface area contributed by atoms with Crippen LogP contribution in [0, 0.1) is 0 Å². The maximum atomic E-state index is 10.2. The molecule has 0 heterocycles. The second-order valence-electron chi connectivity index (χ2n) is 3.53. The van der Waals surface area contributed by atoms with Gasteiger partial charge in [0, 0.05) is 21.1 Å². The fourth-order valence-electron chi connectivity index (χ4n) is 1.21. The molecule has 0 fully saturated rings. The summed E-state index contributed by atoms with van der Waals surface area (Å²) < 4.78 is 0.771. The van der Waals surface area contributed by atoms with Gasteiger partial charge in [-0.1, -0.05) is 33.6 Å². The van der Waals surface area contributed by atoms with E-state index in [1.807, 2.05) is 12.1 Å². The highest BCUT2D eigenvalue weighted by Crippen LogP contribution is 2.35. The predicted octanol–water partition coefficient (Wildman–Crippen LogP) is 2.66. The van der Waals surface area contributed by atoms with E-state index in [9.17, 15) is 5.11 Å². The van der Waals surface area contributed by atoms with E-state index >= 15 is 0 Å². The molecule has 0 aromatic heterocycles. The number of nitrogens with two attached hydrogens (primary N) is 1. The lowest BCUT2D eigenvalue weighted by molar-refractivity contribution is 0.0343. The monoisotopic (exact) mass is 277 g/mol. The van der Waals surface area contributed by atoms with Gasteiger partial charge < -0.3 is 10.8 Å². The van der Waals surface area contributed by atoms with Crippen molar-refractivity contribution in [1.82, 2.24) is 0 Å². The van der Waals surface area contributed by atoms with Crippen molar-refractivity contribution < 1.29 is 5.11 Å². The summed E-state index contributed by atoms with van der Waals surface area (Å²) in [5, 5.41) is 10.7. The SMILES string of the molecule is CC(N)C(C)(O)c1c(Cl)cccc1Br. The molecule has 0 aliphatic rings. The van der Waals surface area contributed by atoms with Crippen molar-refractivity contribution in [3.05, 3.63) is 33.3 Å². The van der Waals surface area contributed by atoms with Crippen LogP contribution in [0.15, 0.2) is 22.7 Å². The summed E-state index contributed by atoms with van der Waals surface area (Å²) in [6.45, 7) is 3.40. The Morgan fingerprint density at radius 3 is 2.57 bits per heavy atom. The van der Waals surface area contributed by atoms with Crippen molar-refractivity contribution in [3.63, 3.8) is 0 Å². The van der Waals surface area contributed by atoms with Crippen molar-refractivity contribution in [3.8, 4) is 0 Å². The smallest absolute Gasteiger partial charge is 0.104 e. The summed E-state index contributed by atoms with van der Waals surface area (Å²) in [4.78, 5) is 0. The molecule has 1 aromatic carbocycles. The normalized spacial score (nSPS) is 17.6. The van der Waals surface area contributed by atoms with Crippen LogP contribution in [0.3, 0.4) is 0 Å². The number of hydrogen-bond donors (Lipinski definition) is 2. The number of halogens is 2. The summed E-state index contributed by atoms with van der Waals surface area (Å²) >= 11 is 9.36. The van der Waals surface area contributed by atoms with Gasteiger partial charge in [0.05, 0.1) is 0 Å². The van der Waals surface area contributed by atoms with E-state index in [0.29, 0.717) is 10.6 Å². The molecule has 2 unspecified atom stereocenters. The van der Waals surface area contributed by atoms with Crippen LogP contribution in [-0.2, 0) is 5.60 Å². The molecule has 0 radical (unpaired) electrons. The number of benzene rings is 1. The van der Waals surface area contributed by atoms with E-state index in [-0.39, 0.29) is 0 Å². The minimum absolute atomic E-state index is 0.390. The van der Waals surface area contributed by atoms with Gasteiger partial charge in [0.25, 0.3) is 0 Å². The Morgan fingerprint density at radius 1 is 1.57 bits per heavy atom. The first kappa shape index (κ1) is 12.0. The molecule has 2 atom stereocenters. The highest BCUT2D eigenvalue weighted by molar-refractivity contribution is 9.10. The lowest BCUT2D eigenvalue weighted by Gasteiger charge is -2.29. The molecular formula is C10H13BrClNO. The van der Waals surface area contributed by atoms with Crippen LogP contribution >= 0.6 is 27.5 Å². The van der Waals surface area contributed by atoms with Crippen LogP contribution in [-0.4, -0.2) is 11.1 Å². The topological polar surface area (TPSA) is 46.2 Å². The highest BCUT2D eigenvalue weighted by Gasteiger charge is 2.31. The molecule has 0 bridgehead atoms. The third-order valence-electron chi connectivity index (χ3n) is 2.36. The Morgan fingerprint density at radius 2 is 2.14 bits per heavy atom. The van der Waals surface area contributed by atoms with Gasteiger partial charge in [0.1, 0.15) is 5.60 Å². The minimum Gasteiger partial charge on any atom is -0.384 e. The van der Waals surface area contributed by atoms with Crippen molar-refractivity contribution in [1.29, 1.82) is 0 Å². The molecular weight excluding hydrogens is 265 g/mol. The standard InChI is InChI=1S/C10H13BrClNO/c1-6(13)10(2,14)9-7(11)4-3-5-8(9)12/h3-6,14H,13H2,1-2H3. The average Bonchev–Trinajstić information content (AvgIpc) is 2.02. The van der Waals surface area contributed by atoms with Gasteiger partial charge in [0.2, 0.25) is 0 Å². The van der Waals surface area contributed by atoms with Crippen LogP contribution in [0.5, 0.6) is 0 Å². The first-order chi connectivity index (χ1) is 6.37. The van der Waals surface area contributed by atoms with E-state index in [2.05, 4.69) is 15.9 Å². The van der Waals surface area contributed by atoms with E-state index in [1.165, 1.54) is 0 Å². The lowest BCUT2D eigenvalue weighted by atomic mass is 9.90. The summed E-state index contributed by atoms with van der Waals surface area (Å²) in [5.41, 5.74) is 5.22. The average molecular weight is 279 g/mol. The Kier molecular flexibility index (Phi) is 3.58. The van der Waals surface area contributed by atoms with Crippen molar-refractivity contribution in [2.75, 3.05) is 0 Å². The largest absolute Gasteiger partial charge is 0.384 e. The lowest BCUT2D eigenvalue weighted by Crippen LogP contribution is -2.41. The van der Waals surface area contributed by atoms with Crippen molar-refractivity contribution in [2.24, 2.45) is 5.73 Å². The van der Waals surface area contributed by atoms with E-state index in [1.54, 1.807) is 19.9 Å². The third kappa shape index (κ3) is 2.11. The summed E-state index contributed by atoms with van der Waals surface area (Å²) in [5.74, 6) is 0. The maximum absolute atomic E-state index is 10.2. The van der Waals surface area contributed by atoms with Gasteiger partial charge >= 0.3 is 0 Å². The van der Waals surface area contributed by atoms with Gasteiger partial charge in [-0.15, -0.1) is 0 Å². The zero-order valence-electron chi connectivity index (χ0n) is 8.09. The van der Waals surface area contributed by atoms with Crippen LogP contribution < -0.4 is 5.73 Å². The molecule has 3 N–H and O–H groups in total. The zero-order valence-corrected chi connectivity index (χ0v) is 10.4.